The van der Waals surface area contributed by atoms with Crippen LogP contribution in [0.5, 0.6) is 6.01 Å². The topological polar surface area (TPSA) is 116 Å². The van der Waals surface area contributed by atoms with E-state index in [4.69, 9.17) is 21.0 Å². The van der Waals surface area contributed by atoms with Gasteiger partial charge in [-0.15, -0.1) is 11.4 Å². The molecule has 0 unspecified atom stereocenters. The largest absolute Gasteiger partial charge is 0.453 e. The lowest BCUT2D eigenvalue weighted by Crippen LogP contribution is -2.41. The van der Waals surface area contributed by atoms with Gasteiger partial charge in [0.25, 0.3) is 0 Å². The van der Waals surface area contributed by atoms with Crippen LogP contribution in [0.3, 0.4) is 0 Å². The second kappa shape index (κ2) is 4.45. The van der Waals surface area contributed by atoms with Crippen LogP contribution in [0.2, 0.25) is 0 Å². The van der Waals surface area contributed by atoms with Crippen LogP contribution < -0.4 is 16.1 Å². The third-order valence-electron chi connectivity index (χ3n) is 3.30. The Balaban J connectivity index is 2.11. The van der Waals surface area contributed by atoms with E-state index in [2.05, 4.69) is 10.9 Å². The average molecular weight is 281 g/mol. The zero-order chi connectivity index (χ0) is 14.4. The lowest BCUT2D eigenvalue weighted by molar-refractivity contribution is -0.0451. The summed E-state index contributed by atoms with van der Waals surface area (Å²) >= 11 is 0. The second-order valence-electron chi connectivity index (χ2n) is 4.44. The number of aromatic nitrogens is 3. The number of fused-ring (bicyclic) bond motifs is 3. The molecular formula is C11H11N3O6. The first-order valence-electron chi connectivity index (χ1n) is 5.86. The molecule has 1 fully saturated rings. The smallest absolute Gasteiger partial charge is 0.357 e. The highest BCUT2D eigenvalue weighted by atomic mass is 16.6. The van der Waals surface area contributed by atoms with Crippen LogP contribution in [0.25, 0.3) is 0 Å². The van der Waals surface area contributed by atoms with Crippen molar-refractivity contribution in [3.63, 3.8) is 0 Å². The first-order chi connectivity index (χ1) is 9.58. The molecule has 3 heterocycles. The fourth-order valence-electron chi connectivity index (χ4n) is 2.34. The molecule has 0 spiro atoms. The van der Waals surface area contributed by atoms with Crippen molar-refractivity contribution >= 4 is 0 Å². The maximum Gasteiger partial charge on any atom is 0.357 e. The maximum atomic E-state index is 12.2. The lowest BCUT2D eigenvalue weighted by Gasteiger charge is -2.14. The highest BCUT2D eigenvalue weighted by Gasteiger charge is 2.52. The number of ether oxygens (including phenoxy) is 2. The molecule has 106 valence electrons. The van der Waals surface area contributed by atoms with Crippen LogP contribution in [-0.2, 0) is 11.3 Å². The molecule has 0 aromatic carbocycles. The molecule has 3 rings (SSSR count). The first kappa shape index (κ1) is 12.9. The standard InChI is InChI=1S/C11H11N3O6/c1-2-3-13-9(17)12-10-14(11(13)18)8-7(20-10)6(16)5(4-15)19-8/h1,5-8,15-16H,3-4H2/t5-,6-,7+,8-/m1/s1. The maximum absolute atomic E-state index is 12.2. The van der Waals surface area contributed by atoms with Crippen molar-refractivity contribution in [2.75, 3.05) is 6.61 Å². The van der Waals surface area contributed by atoms with Gasteiger partial charge in [0.05, 0.1) is 13.2 Å². The van der Waals surface area contributed by atoms with Crippen molar-refractivity contribution in [3.8, 4) is 18.4 Å². The van der Waals surface area contributed by atoms with Gasteiger partial charge in [-0.1, -0.05) is 5.92 Å². The number of hydrogen-bond donors (Lipinski definition) is 2. The normalized spacial score (nSPS) is 30.4. The van der Waals surface area contributed by atoms with Gasteiger partial charge in [0.1, 0.15) is 12.2 Å². The van der Waals surface area contributed by atoms with Crippen LogP contribution >= 0.6 is 0 Å². The molecule has 2 aliphatic heterocycles. The quantitative estimate of drug-likeness (QED) is 0.557. The molecule has 0 bridgehead atoms. The molecule has 0 radical (unpaired) electrons. The number of nitrogens with zero attached hydrogens (tertiary/aromatic N) is 3. The van der Waals surface area contributed by atoms with E-state index in [1.54, 1.807) is 0 Å². The molecule has 20 heavy (non-hydrogen) atoms. The van der Waals surface area contributed by atoms with E-state index in [1.807, 2.05) is 0 Å². The zero-order valence-electron chi connectivity index (χ0n) is 10.2. The van der Waals surface area contributed by atoms with Crippen LogP contribution in [0.15, 0.2) is 9.59 Å². The van der Waals surface area contributed by atoms with E-state index in [1.165, 1.54) is 0 Å². The summed E-state index contributed by atoms with van der Waals surface area (Å²) in [6, 6.07) is -0.223. The van der Waals surface area contributed by atoms with E-state index in [0.29, 0.717) is 0 Å². The highest BCUT2D eigenvalue weighted by Crippen LogP contribution is 2.37. The Morgan fingerprint density at radius 1 is 1.45 bits per heavy atom. The third-order valence-corrected chi connectivity index (χ3v) is 3.30. The number of aliphatic hydroxyl groups is 2. The summed E-state index contributed by atoms with van der Waals surface area (Å²) in [5, 5.41) is 19.0. The predicted octanol–water partition coefficient (Wildman–Crippen LogP) is -2.95. The predicted molar refractivity (Wildman–Crippen MR) is 63.0 cm³/mol. The van der Waals surface area contributed by atoms with Gasteiger partial charge < -0.3 is 19.7 Å². The van der Waals surface area contributed by atoms with Gasteiger partial charge in [0.15, 0.2) is 12.3 Å². The summed E-state index contributed by atoms with van der Waals surface area (Å²) in [6.07, 6.45) is 1.27. The minimum atomic E-state index is -1.12. The highest BCUT2D eigenvalue weighted by molar-refractivity contribution is 5.09. The fourth-order valence-corrected chi connectivity index (χ4v) is 2.34. The van der Waals surface area contributed by atoms with Gasteiger partial charge in [-0.2, -0.15) is 0 Å². The van der Waals surface area contributed by atoms with Crippen molar-refractivity contribution < 1.29 is 19.7 Å². The summed E-state index contributed by atoms with van der Waals surface area (Å²) in [5.74, 6) is 2.18. The fraction of sp³-hybridized carbons (Fsp3) is 0.545. The van der Waals surface area contributed by atoms with Crippen molar-refractivity contribution in [1.29, 1.82) is 0 Å². The average Bonchev–Trinajstić information content (AvgIpc) is 2.91. The third kappa shape index (κ3) is 1.59. The van der Waals surface area contributed by atoms with Gasteiger partial charge >= 0.3 is 17.4 Å². The lowest BCUT2D eigenvalue weighted by atomic mass is 10.1. The molecule has 4 atom stereocenters. The SMILES string of the molecule is C#CCn1c(=O)nc2n(c1=O)[C@@H]1O[C@H](CO)[C@@H](O)[C@@H]1O2. The number of hydrogen-bond acceptors (Lipinski definition) is 7. The summed E-state index contributed by atoms with van der Waals surface area (Å²) in [4.78, 5) is 27.4. The molecule has 1 aromatic rings. The Kier molecular flexibility index (Phi) is 2.86. The van der Waals surface area contributed by atoms with Crippen LogP contribution in [0.4, 0.5) is 0 Å². The molecule has 9 heteroatoms. The van der Waals surface area contributed by atoms with E-state index in [-0.39, 0.29) is 12.6 Å². The van der Waals surface area contributed by atoms with Crippen molar-refractivity contribution in [2.24, 2.45) is 0 Å². The van der Waals surface area contributed by atoms with E-state index >= 15 is 0 Å². The van der Waals surface area contributed by atoms with Crippen molar-refractivity contribution in [3.05, 3.63) is 21.0 Å². The molecular weight excluding hydrogens is 270 g/mol. The van der Waals surface area contributed by atoms with Crippen LogP contribution in [0, 0.1) is 12.3 Å². The minimum absolute atomic E-state index is 0.223. The molecule has 2 aliphatic rings. The van der Waals surface area contributed by atoms with Gasteiger partial charge in [-0.3, -0.25) is 0 Å². The van der Waals surface area contributed by atoms with Gasteiger partial charge in [-0.05, 0) is 0 Å². The van der Waals surface area contributed by atoms with Gasteiger partial charge in [-0.25, -0.2) is 18.7 Å². The Morgan fingerprint density at radius 3 is 2.85 bits per heavy atom. The molecule has 1 saturated heterocycles. The summed E-state index contributed by atoms with van der Waals surface area (Å²) in [5.41, 5.74) is -1.55. The summed E-state index contributed by atoms with van der Waals surface area (Å²) in [7, 11) is 0. The van der Waals surface area contributed by atoms with Crippen molar-refractivity contribution in [1.82, 2.24) is 14.1 Å². The van der Waals surface area contributed by atoms with Gasteiger partial charge in [0, 0.05) is 0 Å². The molecule has 0 aliphatic carbocycles. The van der Waals surface area contributed by atoms with E-state index < -0.39 is 42.5 Å². The Bertz CT molecular complexity index is 702. The van der Waals surface area contributed by atoms with E-state index in [0.717, 1.165) is 9.13 Å². The molecule has 9 nitrogen and oxygen atoms in total. The van der Waals surface area contributed by atoms with Crippen molar-refractivity contribution in [2.45, 2.75) is 31.1 Å². The van der Waals surface area contributed by atoms with Crippen LogP contribution in [0.1, 0.15) is 6.23 Å². The first-order valence-corrected chi connectivity index (χ1v) is 5.86. The Labute approximate surface area is 112 Å². The number of aliphatic hydroxyl groups excluding tert-OH is 2. The molecule has 1 aromatic heterocycles. The van der Waals surface area contributed by atoms with Crippen LogP contribution in [-0.4, -0.2) is 49.3 Å². The summed E-state index contributed by atoms with van der Waals surface area (Å²) in [6.45, 7) is -0.645. The Morgan fingerprint density at radius 2 is 2.20 bits per heavy atom. The van der Waals surface area contributed by atoms with Gasteiger partial charge in [0.2, 0.25) is 0 Å². The molecule has 2 N–H and O–H groups in total. The molecule has 0 saturated carbocycles. The second-order valence-corrected chi connectivity index (χ2v) is 4.44. The number of terminal acetylenes is 1. The minimum Gasteiger partial charge on any atom is -0.453 e. The molecule has 0 amide bonds. The van der Waals surface area contributed by atoms with E-state index in [9.17, 15) is 14.7 Å². The zero-order valence-corrected chi connectivity index (χ0v) is 10.2. The number of rotatable bonds is 2. The summed E-state index contributed by atoms with van der Waals surface area (Å²) < 4.78 is 12.4. The monoisotopic (exact) mass is 281 g/mol. The Hall–Kier alpha value is -2.15.